The first-order valence-corrected chi connectivity index (χ1v) is 12.8. The monoisotopic (exact) mass is 281 g/mol. The van der Waals surface area contributed by atoms with Crippen LogP contribution in [0.3, 0.4) is 0 Å². The Bertz CT molecular complexity index is 168. The molecule has 0 aliphatic rings. The second-order valence-corrected chi connectivity index (χ2v) is 14.3. The number of rotatable bonds is 8. The second-order valence-electron chi connectivity index (χ2n) is 4.97. The van der Waals surface area contributed by atoms with Crippen LogP contribution < -0.4 is 0 Å². The summed E-state index contributed by atoms with van der Waals surface area (Å²) in [4.78, 5) is 0. The topological polar surface area (TPSA) is 3.24 Å². The van der Waals surface area contributed by atoms with Crippen molar-refractivity contribution >= 4 is 42.5 Å². The Balaban J connectivity index is 4.07. The maximum atomic E-state index is 4.31. The molecule has 0 saturated heterocycles. The smallest absolute Gasteiger partial charge is 0.115 e. The van der Waals surface area contributed by atoms with E-state index in [2.05, 4.69) is 56.2 Å². The van der Waals surface area contributed by atoms with Crippen LogP contribution in [0.2, 0.25) is 31.7 Å². The van der Waals surface area contributed by atoms with Gasteiger partial charge >= 0.3 is 0 Å². The molecule has 0 amide bonds. The summed E-state index contributed by atoms with van der Waals surface area (Å²) < 4.78 is 2.78. The largest absolute Gasteiger partial charge is 0.351 e. The van der Waals surface area contributed by atoms with Gasteiger partial charge in [0.05, 0.1) is 0 Å². The molecule has 1 atom stereocenters. The summed E-state index contributed by atoms with van der Waals surface area (Å²) in [6, 6.07) is 2.81. The van der Waals surface area contributed by atoms with Gasteiger partial charge in [0.1, 0.15) is 17.2 Å². The molecule has 1 unspecified atom stereocenters. The highest BCUT2D eigenvalue weighted by Gasteiger charge is 2.29. The lowest BCUT2D eigenvalue weighted by Gasteiger charge is -2.38. The maximum Gasteiger partial charge on any atom is 0.115 e. The van der Waals surface area contributed by atoms with Gasteiger partial charge in [-0.25, -0.2) is 0 Å². The summed E-state index contributed by atoms with van der Waals surface area (Å²) in [7, 11) is 0.581. The van der Waals surface area contributed by atoms with E-state index in [9.17, 15) is 0 Å². The molecule has 0 aromatic heterocycles. The Morgan fingerprint density at radius 1 is 1.13 bits per heavy atom. The lowest BCUT2D eigenvalue weighted by molar-refractivity contribution is 0.744. The van der Waals surface area contributed by atoms with Gasteiger partial charge in [-0.2, -0.15) is 25.3 Å². The summed E-state index contributed by atoms with van der Waals surface area (Å²) in [5.74, 6) is 2.08. The summed E-state index contributed by atoms with van der Waals surface area (Å²) >= 11 is 8.61. The van der Waals surface area contributed by atoms with Gasteiger partial charge in [0.2, 0.25) is 0 Å². The lowest BCUT2D eigenvalue weighted by atomic mass is 10.6. The van der Waals surface area contributed by atoms with Crippen LogP contribution in [-0.2, 0) is 0 Å². The van der Waals surface area contributed by atoms with Gasteiger partial charge in [-0.05, 0) is 43.5 Å². The first-order chi connectivity index (χ1) is 6.95. The number of hydrogen-bond acceptors (Lipinski definition) is 3. The molecule has 0 aromatic carbocycles. The van der Waals surface area contributed by atoms with Crippen molar-refractivity contribution in [2.24, 2.45) is 0 Å². The SMILES string of the molecule is CN([SiH](C)CCCS)[Si](C)(C)CCCS. The minimum Gasteiger partial charge on any atom is -0.351 e. The molecule has 1 nitrogen and oxygen atoms in total. The minimum atomic E-state index is -1.12. The molecule has 0 fully saturated rings. The highest BCUT2D eigenvalue weighted by Crippen LogP contribution is 2.19. The number of thiol groups is 2. The number of hydrogen-bond donors (Lipinski definition) is 2. The average Bonchev–Trinajstić information content (AvgIpc) is 2.21. The summed E-state index contributed by atoms with van der Waals surface area (Å²) in [5, 5.41) is 0. The first kappa shape index (κ1) is 16.1. The molecule has 0 saturated carbocycles. The molecule has 0 aromatic rings. The van der Waals surface area contributed by atoms with E-state index in [1.54, 1.807) is 0 Å². The van der Waals surface area contributed by atoms with Crippen LogP contribution in [0.15, 0.2) is 0 Å². The van der Waals surface area contributed by atoms with E-state index in [0.717, 1.165) is 11.5 Å². The molecule has 5 heteroatoms. The van der Waals surface area contributed by atoms with E-state index >= 15 is 0 Å². The molecule has 0 spiro atoms. The highest BCUT2D eigenvalue weighted by atomic mass is 32.1. The van der Waals surface area contributed by atoms with E-state index < -0.39 is 17.2 Å². The predicted octanol–water partition coefficient (Wildman–Crippen LogP) is 3.12. The van der Waals surface area contributed by atoms with Crippen LogP contribution in [0.4, 0.5) is 0 Å². The van der Waals surface area contributed by atoms with Gasteiger partial charge < -0.3 is 4.23 Å². The summed E-state index contributed by atoms with van der Waals surface area (Å²) in [6.07, 6.45) is 2.57. The van der Waals surface area contributed by atoms with E-state index in [0.29, 0.717) is 0 Å². The third kappa shape index (κ3) is 6.41. The molecule has 0 radical (unpaired) electrons. The number of nitrogens with zero attached hydrogens (tertiary/aromatic N) is 1. The van der Waals surface area contributed by atoms with E-state index in [4.69, 9.17) is 0 Å². The Kier molecular flexibility index (Phi) is 8.82. The minimum absolute atomic E-state index is 0.660. The zero-order valence-electron chi connectivity index (χ0n) is 10.7. The van der Waals surface area contributed by atoms with Crippen molar-refractivity contribution in [2.45, 2.75) is 44.6 Å². The van der Waals surface area contributed by atoms with Crippen molar-refractivity contribution in [2.75, 3.05) is 18.6 Å². The van der Waals surface area contributed by atoms with Gasteiger partial charge in [0, 0.05) is 0 Å². The van der Waals surface area contributed by atoms with Gasteiger partial charge in [-0.1, -0.05) is 19.6 Å². The molecule has 92 valence electrons. The molecule has 0 aliphatic heterocycles. The molecular weight excluding hydrogens is 254 g/mol. The summed E-state index contributed by atoms with van der Waals surface area (Å²) in [6.45, 7) is 7.49. The Labute approximate surface area is 110 Å². The fraction of sp³-hybridized carbons (Fsp3) is 1.00. The van der Waals surface area contributed by atoms with Crippen LogP contribution in [-0.4, -0.2) is 40.0 Å². The quantitative estimate of drug-likeness (QED) is 0.511. The van der Waals surface area contributed by atoms with Crippen LogP contribution in [0, 0.1) is 0 Å². The van der Waals surface area contributed by atoms with Crippen molar-refractivity contribution in [1.82, 2.24) is 4.23 Å². The molecule has 0 heterocycles. The Hall–Kier alpha value is 1.09. The average molecular weight is 282 g/mol. The lowest BCUT2D eigenvalue weighted by Crippen LogP contribution is -2.52. The Morgan fingerprint density at radius 2 is 1.67 bits per heavy atom. The zero-order chi connectivity index (χ0) is 11.9. The molecule has 0 bridgehead atoms. The van der Waals surface area contributed by atoms with E-state index in [-0.39, 0.29) is 0 Å². The normalized spacial score (nSPS) is 14.6. The zero-order valence-corrected chi connectivity index (χ0v) is 14.6. The van der Waals surface area contributed by atoms with Gasteiger partial charge in [-0.3, -0.25) is 0 Å². The maximum absolute atomic E-state index is 4.31. The van der Waals surface area contributed by atoms with Crippen molar-refractivity contribution in [3.05, 3.63) is 0 Å². The van der Waals surface area contributed by atoms with Gasteiger partial charge in [0.15, 0.2) is 0 Å². The van der Waals surface area contributed by atoms with Crippen molar-refractivity contribution in [1.29, 1.82) is 0 Å². The standard InChI is InChI=1S/C10H27NS2Si2/c1-11(14(2)9-5-7-12)15(3,4)10-6-8-13/h12-14H,5-10H2,1-4H3. The van der Waals surface area contributed by atoms with E-state index in [1.807, 2.05) is 0 Å². The molecule has 0 aliphatic carbocycles. The van der Waals surface area contributed by atoms with Crippen LogP contribution >= 0.6 is 25.3 Å². The fourth-order valence-corrected chi connectivity index (χ4v) is 11.0. The molecule has 0 rings (SSSR count). The fourth-order valence-electron chi connectivity index (χ4n) is 1.86. The first-order valence-electron chi connectivity index (χ1n) is 5.90. The van der Waals surface area contributed by atoms with Crippen molar-refractivity contribution in [3.8, 4) is 0 Å². The van der Waals surface area contributed by atoms with E-state index in [1.165, 1.54) is 24.9 Å². The van der Waals surface area contributed by atoms with Crippen molar-refractivity contribution < 1.29 is 0 Å². The second kappa shape index (κ2) is 8.22. The van der Waals surface area contributed by atoms with Crippen molar-refractivity contribution in [3.63, 3.8) is 0 Å². The molecule has 15 heavy (non-hydrogen) atoms. The van der Waals surface area contributed by atoms with Crippen LogP contribution in [0.25, 0.3) is 0 Å². The third-order valence-electron chi connectivity index (χ3n) is 3.34. The third-order valence-corrected chi connectivity index (χ3v) is 13.4. The van der Waals surface area contributed by atoms with Gasteiger partial charge in [-0.15, -0.1) is 0 Å². The Morgan fingerprint density at radius 3 is 2.13 bits per heavy atom. The van der Waals surface area contributed by atoms with Crippen LogP contribution in [0.1, 0.15) is 12.8 Å². The highest BCUT2D eigenvalue weighted by molar-refractivity contribution is 7.80. The molecule has 0 N–H and O–H groups in total. The van der Waals surface area contributed by atoms with Crippen LogP contribution in [0.5, 0.6) is 0 Å². The summed E-state index contributed by atoms with van der Waals surface area (Å²) in [5.41, 5.74) is 0. The molecular formula is C10H27NS2Si2. The van der Waals surface area contributed by atoms with Gasteiger partial charge in [0.25, 0.3) is 0 Å². The predicted molar refractivity (Wildman–Crippen MR) is 84.8 cm³/mol.